The first-order valence-corrected chi connectivity index (χ1v) is 4.24. The molecule has 3 heteroatoms. The van der Waals surface area contributed by atoms with Crippen LogP contribution >= 0.6 is 0 Å². The summed E-state index contributed by atoms with van der Waals surface area (Å²) in [7, 11) is -0.292. The Morgan fingerprint density at radius 3 is 2.12 bits per heavy atom. The zero-order chi connectivity index (χ0) is 6.62. The van der Waals surface area contributed by atoms with Crippen molar-refractivity contribution in [3.8, 4) is 0 Å². The molecule has 0 heterocycles. The number of hydrogen-bond acceptors (Lipinski definition) is 0. The van der Waals surface area contributed by atoms with Crippen LogP contribution in [-0.2, 0) is 0 Å². The lowest BCUT2D eigenvalue weighted by atomic mass is 10.3. The van der Waals surface area contributed by atoms with Gasteiger partial charge in [-0.1, -0.05) is 20.8 Å². The van der Waals surface area contributed by atoms with Gasteiger partial charge in [-0.2, -0.15) is 4.79 Å². The van der Waals surface area contributed by atoms with Gasteiger partial charge in [-0.3, -0.25) is 0 Å². The fourth-order valence-corrected chi connectivity index (χ4v) is 0.944. The van der Waals surface area contributed by atoms with Gasteiger partial charge in [0.1, 0.15) is 0 Å². The second-order valence-electron chi connectivity index (χ2n) is 3.06. The number of rotatable bonds is 1. The first kappa shape index (κ1) is 7.60. The molecular weight excluding hydrogens is 116 g/mol. The van der Waals surface area contributed by atoms with Crippen molar-refractivity contribution >= 4 is 15.4 Å². The Kier molecular flexibility index (Phi) is 2.66. The topological polar surface area (TPSA) is 36.4 Å². The van der Waals surface area contributed by atoms with Gasteiger partial charge in [0, 0.05) is 0 Å². The van der Waals surface area contributed by atoms with Gasteiger partial charge in [0.15, 0.2) is 9.52 Å². The highest BCUT2D eigenvalue weighted by Gasteiger charge is 2.10. The Bertz CT molecular complexity index is 108. The molecule has 0 saturated carbocycles. The zero-order valence-electron chi connectivity index (χ0n) is 5.68. The molecule has 0 N–H and O–H groups in total. The quantitative estimate of drug-likeness (QED) is 0.215. The Morgan fingerprint density at radius 2 is 2.00 bits per heavy atom. The van der Waals surface area contributed by atoms with Gasteiger partial charge < -0.3 is 5.53 Å². The van der Waals surface area contributed by atoms with Crippen molar-refractivity contribution in [2.75, 3.05) is 0 Å². The third-order valence-electron chi connectivity index (χ3n) is 0.785. The minimum absolute atomic E-state index is 0.292. The first-order valence-electron chi connectivity index (χ1n) is 2.72. The zero-order valence-corrected chi connectivity index (χ0v) is 7.09. The van der Waals surface area contributed by atoms with E-state index in [1.807, 2.05) is 0 Å². The van der Waals surface area contributed by atoms with Crippen LogP contribution in [0.25, 0.3) is 5.53 Å². The van der Waals surface area contributed by atoms with Crippen LogP contribution in [0.2, 0.25) is 5.04 Å². The molecule has 46 valence electrons. The standard InChI is InChI=1S/C5H12N2Si/c1-5(2,3)8-4-7-6/h4H,8H2,1-3H3. The van der Waals surface area contributed by atoms with Crippen molar-refractivity contribution in [2.24, 2.45) is 0 Å². The minimum atomic E-state index is -0.292. The monoisotopic (exact) mass is 128 g/mol. The lowest BCUT2D eigenvalue weighted by Crippen LogP contribution is -2.09. The Labute approximate surface area is 52.4 Å². The maximum absolute atomic E-state index is 8.03. The fourth-order valence-electron chi connectivity index (χ4n) is 0.315. The Balaban J connectivity index is 3.55. The van der Waals surface area contributed by atoms with Crippen LogP contribution in [0.15, 0.2) is 0 Å². The average Bonchev–Trinajstić information content (AvgIpc) is 1.59. The van der Waals surface area contributed by atoms with Crippen LogP contribution in [0.3, 0.4) is 0 Å². The summed E-state index contributed by atoms with van der Waals surface area (Å²) >= 11 is 0. The lowest BCUT2D eigenvalue weighted by molar-refractivity contribution is 0.00723. The molecule has 0 aliphatic heterocycles. The molecule has 0 aromatic rings. The van der Waals surface area contributed by atoms with Crippen LogP contribution in [0, 0.1) is 0 Å². The largest absolute Gasteiger partial charge is 0.363 e. The molecule has 0 aromatic heterocycles. The van der Waals surface area contributed by atoms with Gasteiger partial charge >= 0.3 is 0 Å². The van der Waals surface area contributed by atoms with Crippen LogP contribution in [-0.4, -0.2) is 20.1 Å². The highest BCUT2D eigenvalue weighted by Crippen LogP contribution is 2.17. The molecule has 0 radical (unpaired) electrons. The van der Waals surface area contributed by atoms with E-state index in [-0.39, 0.29) is 9.52 Å². The van der Waals surface area contributed by atoms with Gasteiger partial charge in [-0.05, 0) is 5.04 Å². The summed E-state index contributed by atoms with van der Waals surface area (Å²) in [5, 5.41) is 0.381. The van der Waals surface area contributed by atoms with Crippen molar-refractivity contribution in [3.63, 3.8) is 0 Å². The predicted molar refractivity (Wildman–Crippen MR) is 37.9 cm³/mol. The molecule has 2 nitrogen and oxygen atoms in total. The second kappa shape index (κ2) is 2.80. The molecule has 0 fully saturated rings. The maximum Gasteiger partial charge on any atom is 0.219 e. The van der Waals surface area contributed by atoms with E-state index in [0.29, 0.717) is 5.04 Å². The molecule has 0 amide bonds. The van der Waals surface area contributed by atoms with Gasteiger partial charge in [0.25, 0.3) is 0 Å². The molecule has 0 spiro atoms. The number of hydrogen-bond donors (Lipinski definition) is 0. The van der Waals surface area contributed by atoms with Gasteiger partial charge in [0.05, 0.1) is 0 Å². The molecule has 0 rings (SSSR count). The lowest BCUT2D eigenvalue weighted by Gasteiger charge is -2.09. The van der Waals surface area contributed by atoms with Gasteiger partial charge in [-0.15, -0.1) is 0 Å². The van der Waals surface area contributed by atoms with E-state index in [4.69, 9.17) is 5.53 Å². The van der Waals surface area contributed by atoms with E-state index in [9.17, 15) is 0 Å². The molecule has 8 heavy (non-hydrogen) atoms. The summed E-state index contributed by atoms with van der Waals surface area (Å²) in [5.41, 5.74) is 8.03. The second-order valence-corrected chi connectivity index (χ2v) is 5.96. The van der Waals surface area contributed by atoms with Gasteiger partial charge in [0.2, 0.25) is 5.84 Å². The third kappa shape index (κ3) is 5.60. The molecule has 0 atom stereocenters. The molecular formula is C5H12N2Si. The normalized spacial score (nSPS) is 11.9. The van der Waals surface area contributed by atoms with E-state index in [0.717, 1.165) is 0 Å². The van der Waals surface area contributed by atoms with Crippen molar-refractivity contribution < 1.29 is 4.79 Å². The molecule has 0 aromatic carbocycles. The Morgan fingerprint density at radius 1 is 1.50 bits per heavy atom. The SMILES string of the molecule is CC(C)(C)[SiH2]C=[N+]=[N-]. The summed E-state index contributed by atoms with van der Waals surface area (Å²) in [6.07, 6.45) is 0. The molecule has 0 bridgehead atoms. The summed E-state index contributed by atoms with van der Waals surface area (Å²) in [6.45, 7) is 6.46. The summed E-state index contributed by atoms with van der Waals surface area (Å²) in [5.74, 6) is 1.65. The minimum Gasteiger partial charge on any atom is -0.363 e. The highest BCUT2D eigenvalue weighted by atomic mass is 28.2. The van der Waals surface area contributed by atoms with Crippen LogP contribution in [0.1, 0.15) is 20.8 Å². The summed E-state index contributed by atoms with van der Waals surface area (Å²) in [6, 6.07) is 0. The van der Waals surface area contributed by atoms with E-state index < -0.39 is 0 Å². The summed E-state index contributed by atoms with van der Waals surface area (Å²) < 4.78 is 0. The third-order valence-corrected chi connectivity index (χ3v) is 2.36. The number of nitrogens with zero attached hydrogens (tertiary/aromatic N) is 2. The van der Waals surface area contributed by atoms with Crippen molar-refractivity contribution in [1.29, 1.82) is 0 Å². The Hall–Kier alpha value is -0.403. The predicted octanol–water partition coefficient (Wildman–Crippen LogP) is 0.632. The first-order chi connectivity index (χ1) is 3.56. The van der Waals surface area contributed by atoms with E-state index in [1.54, 1.807) is 5.84 Å². The van der Waals surface area contributed by atoms with E-state index in [1.165, 1.54) is 0 Å². The molecule has 0 aliphatic rings. The van der Waals surface area contributed by atoms with Crippen LogP contribution < -0.4 is 0 Å². The van der Waals surface area contributed by atoms with E-state index in [2.05, 4.69) is 25.6 Å². The van der Waals surface area contributed by atoms with E-state index >= 15 is 0 Å². The average molecular weight is 128 g/mol. The molecule has 0 aliphatic carbocycles. The van der Waals surface area contributed by atoms with Crippen LogP contribution in [0.4, 0.5) is 0 Å². The highest BCUT2D eigenvalue weighted by molar-refractivity contribution is 6.69. The molecule has 0 unspecified atom stereocenters. The van der Waals surface area contributed by atoms with Crippen molar-refractivity contribution in [3.05, 3.63) is 5.53 Å². The van der Waals surface area contributed by atoms with Gasteiger partial charge in [-0.25, -0.2) is 0 Å². The van der Waals surface area contributed by atoms with Crippen LogP contribution in [0.5, 0.6) is 0 Å². The maximum atomic E-state index is 8.03. The van der Waals surface area contributed by atoms with Crippen molar-refractivity contribution in [1.82, 2.24) is 0 Å². The summed E-state index contributed by atoms with van der Waals surface area (Å²) in [4.78, 5) is 2.96. The van der Waals surface area contributed by atoms with Crippen molar-refractivity contribution in [2.45, 2.75) is 25.8 Å². The fraction of sp³-hybridized carbons (Fsp3) is 0.800. The molecule has 0 saturated heterocycles. The smallest absolute Gasteiger partial charge is 0.219 e.